The Bertz CT molecular complexity index is 340. The number of hydrogen-bond acceptors (Lipinski definition) is 3. The van der Waals surface area contributed by atoms with Crippen LogP contribution in [0.5, 0.6) is 0 Å². The summed E-state index contributed by atoms with van der Waals surface area (Å²) >= 11 is 1.91. The van der Waals surface area contributed by atoms with Crippen molar-refractivity contribution in [2.75, 3.05) is 26.7 Å². The lowest BCUT2D eigenvalue weighted by molar-refractivity contribution is 0.213. The third-order valence-electron chi connectivity index (χ3n) is 3.74. The summed E-state index contributed by atoms with van der Waals surface area (Å²) in [6.07, 6.45) is 2.69. The predicted octanol–water partition coefficient (Wildman–Crippen LogP) is 3.05. The van der Waals surface area contributed by atoms with Gasteiger partial charge in [-0.2, -0.15) is 0 Å². The fourth-order valence-electron chi connectivity index (χ4n) is 2.40. The second kappa shape index (κ2) is 5.98. The summed E-state index contributed by atoms with van der Waals surface area (Å²) in [5.41, 5.74) is 0. The first-order valence-corrected chi connectivity index (χ1v) is 7.45. The Labute approximate surface area is 109 Å². The van der Waals surface area contributed by atoms with Crippen molar-refractivity contribution in [3.8, 4) is 0 Å². The van der Waals surface area contributed by atoms with Gasteiger partial charge in [0.2, 0.25) is 0 Å². The molecular formula is C14H24N2S. The highest BCUT2D eigenvalue weighted by atomic mass is 32.1. The van der Waals surface area contributed by atoms with Gasteiger partial charge in [-0.1, -0.05) is 0 Å². The molecule has 1 aliphatic rings. The molecule has 0 saturated carbocycles. The van der Waals surface area contributed by atoms with E-state index in [1.165, 1.54) is 42.2 Å². The van der Waals surface area contributed by atoms with Gasteiger partial charge in [0, 0.05) is 15.8 Å². The zero-order chi connectivity index (χ0) is 12.3. The van der Waals surface area contributed by atoms with Gasteiger partial charge in [0.05, 0.1) is 0 Å². The molecule has 2 nitrogen and oxygen atoms in total. The molecular weight excluding hydrogens is 228 g/mol. The average molecular weight is 252 g/mol. The summed E-state index contributed by atoms with van der Waals surface area (Å²) in [6, 6.07) is 4.98. The van der Waals surface area contributed by atoms with Crippen molar-refractivity contribution in [2.45, 2.75) is 32.7 Å². The van der Waals surface area contributed by atoms with E-state index in [2.05, 4.69) is 43.2 Å². The van der Waals surface area contributed by atoms with Crippen LogP contribution in [0.4, 0.5) is 0 Å². The zero-order valence-corrected chi connectivity index (χ0v) is 12.0. The lowest BCUT2D eigenvalue weighted by atomic mass is 9.97. The summed E-state index contributed by atoms with van der Waals surface area (Å²) in [4.78, 5) is 5.31. The number of thiophene rings is 1. The van der Waals surface area contributed by atoms with Crippen molar-refractivity contribution in [3.05, 3.63) is 21.9 Å². The lowest BCUT2D eigenvalue weighted by Crippen LogP contribution is -2.35. The third-order valence-corrected chi connectivity index (χ3v) is 4.92. The van der Waals surface area contributed by atoms with E-state index in [0.717, 1.165) is 5.92 Å². The number of likely N-dealkylation sites (tertiary alicyclic amines) is 1. The van der Waals surface area contributed by atoms with Crippen molar-refractivity contribution >= 4 is 11.3 Å². The number of aryl methyl sites for hydroxylation is 1. The van der Waals surface area contributed by atoms with Crippen LogP contribution in [0.3, 0.4) is 0 Å². The van der Waals surface area contributed by atoms with Crippen LogP contribution in [-0.2, 0) is 0 Å². The first-order chi connectivity index (χ1) is 8.15. The van der Waals surface area contributed by atoms with Gasteiger partial charge in [0.25, 0.3) is 0 Å². The molecule has 1 aromatic heterocycles. The van der Waals surface area contributed by atoms with Crippen molar-refractivity contribution in [1.82, 2.24) is 10.2 Å². The lowest BCUT2D eigenvalue weighted by Gasteiger charge is -2.29. The van der Waals surface area contributed by atoms with Gasteiger partial charge in [-0.25, -0.2) is 0 Å². The van der Waals surface area contributed by atoms with Crippen molar-refractivity contribution in [2.24, 2.45) is 5.92 Å². The molecule has 1 fully saturated rings. The molecule has 2 rings (SSSR count). The molecule has 1 saturated heterocycles. The van der Waals surface area contributed by atoms with Crippen molar-refractivity contribution in [3.63, 3.8) is 0 Å². The first kappa shape index (κ1) is 13.1. The van der Waals surface area contributed by atoms with Crippen LogP contribution in [0.25, 0.3) is 0 Å². The molecule has 0 amide bonds. The number of rotatable bonds is 4. The molecule has 1 aliphatic heterocycles. The Hall–Kier alpha value is -0.380. The van der Waals surface area contributed by atoms with Crippen LogP contribution in [0.2, 0.25) is 0 Å². The summed E-state index contributed by atoms with van der Waals surface area (Å²) in [7, 11) is 2.22. The van der Waals surface area contributed by atoms with Gasteiger partial charge in [0.1, 0.15) is 0 Å². The van der Waals surface area contributed by atoms with E-state index in [-0.39, 0.29) is 0 Å². The van der Waals surface area contributed by atoms with Crippen LogP contribution in [0.1, 0.15) is 35.6 Å². The monoisotopic (exact) mass is 252 g/mol. The first-order valence-electron chi connectivity index (χ1n) is 6.63. The van der Waals surface area contributed by atoms with Crippen LogP contribution >= 0.6 is 11.3 Å². The summed E-state index contributed by atoms with van der Waals surface area (Å²) in [6.45, 7) is 8.15. The molecule has 1 N–H and O–H groups in total. The summed E-state index contributed by atoms with van der Waals surface area (Å²) in [5.74, 6) is 0.870. The van der Waals surface area contributed by atoms with Crippen LogP contribution in [0, 0.1) is 12.8 Å². The van der Waals surface area contributed by atoms with Crippen LogP contribution in [-0.4, -0.2) is 31.6 Å². The van der Waals surface area contributed by atoms with Crippen molar-refractivity contribution in [1.29, 1.82) is 0 Å². The molecule has 1 aromatic rings. The molecule has 0 aromatic carbocycles. The number of nitrogens with zero attached hydrogens (tertiary/aromatic N) is 1. The van der Waals surface area contributed by atoms with Crippen molar-refractivity contribution < 1.29 is 0 Å². The minimum atomic E-state index is 0.508. The quantitative estimate of drug-likeness (QED) is 0.886. The molecule has 96 valence electrons. The molecule has 0 aliphatic carbocycles. The van der Waals surface area contributed by atoms with Gasteiger partial charge in [0.15, 0.2) is 0 Å². The Morgan fingerprint density at radius 2 is 2.12 bits per heavy atom. The third kappa shape index (κ3) is 3.80. The van der Waals surface area contributed by atoms with E-state index in [1.54, 1.807) is 0 Å². The smallest absolute Gasteiger partial charge is 0.0386 e. The molecule has 1 atom stereocenters. The molecule has 3 heteroatoms. The Morgan fingerprint density at radius 1 is 1.41 bits per heavy atom. The number of hydrogen-bond donors (Lipinski definition) is 1. The Kier molecular flexibility index (Phi) is 4.60. The van der Waals surface area contributed by atoms with Gasteiger partial charge >= 0.3 is 0 Å². The fraction of sp³-hybridized carbons (Fsp3) is 0.714. The SMILES string of the molecule is Cc1ccc(C(C)NCC2CCN(C)CC2)s1. The summed E-state index contributed by atoms with van der Waals surface area (Å²) in [5, 5.41) is 3.69. The van der Waals surface area contributed by atoms with Crippen LogP contribution in [0.15, 0.2) is 12.1 Å². The number of piperidine rings is 1. The highest BCUT2D eigenvalue weighted by molar-refractivity contribution is 7.12. The Balaban J connectivity index is 1.74. The maximum absolute atomic E-state index is 3.69. The highest BCUT2D eigenvalue weighted by Crippen LogP contribution is 2.23. The summed E-state index contributed by atoms with van der Waals surface area (Å²) < 4.78 is 0. The second-order valence-corrected chi connectivity index (χ2v) is 6.64. The van der Waals surface area contributed by atoms with Gasteiger partial charge in [-0.15, -0.1) is 11.3 Å². The second-order valence-electron chi connectivity index (χ2n) is 5.33. The molecule has 17 heavy (non-hydrogen) atoms. The topological polar surface area (TPSA) is 15.3 Å². The van der Waals surface area contributed by atoms with Gasteiger partial charge < -0.3 is 10.2 Å². The van der Waals surface area contributed by atoms with E-state index in [4.69, 9.17) is 0 Å². The molecule has 2 heterocycles. The Morgan fingerprint density at radius 3 is 2.71 bits per heavy atom. The standard InChI is InChI=1S/C14H24N2S/c1-11-4-5-14(17-11)12(2)15-10-13-6-8-16(3)9-7-13/h4-5,12-13,15H,6-10H2,1-3H3. The van der Waals surface area contributed by atoms with Gasteiger partial charge in [-0.05, 0) is 71.4 Å². The molecule has 1 unspecified atom stereocenters. The minimum absolute atomic E-state index is 0.508. The van der Waals surface area contributed by atoms with Crippen LogP contribution < -0.4 is 5.32 Å². The maximum atomic E-state index is 3.69. The molecule has 0 bridgehead atoms. The van der Waals surface area contributed by atoms with E-state index in [9.17, 15) is 0 Å². The van der Waals surface area contributed by atoms with E-state index < -0.39 is 0 Å². The predicted molar refractivity (Wildman–Crippen MR) is 75.7 cm³/mol. The maximum Gasteiger partial charge on any atom is 0.0386 e. The zero-order valence-electron chi connectivity index (χ0n) is 11.2. The minimum Gasteiger partial charge on any atom is -0.309 e. The average Bonchev–Trinajstić information content (AvgIpc) is 2.75. The fourth-order valence-corrected chi connectivity index (χ4v) is 3.30. The number of nitrogens with one attached hydrogen (secondary N) is 1. The van der Waals surface area contributed by atoms with E-state index in [1.807, 2.05) is 11.3 Å². The normalized spacial score (nSPS) is 20.6. The molecule has 0 spiro atoms. The molecule has 0 radical (unpaired) electrons. The van der Waals surface area contributed by atoms with E-state index >= 15 is 0 Å². The van der Waals surface area contributed by atoms with E-state index in [0.29, 0.717) is 6.04 Å². The largest absolute Gasteiger partial charge is 0.309 e. The highest BCUT2D eigenvalue weighted by Gasteiger charge is 2.17. The van der Waals surface area contributed by atoms with Gasteiger partial charge in [-0.3, -0.25) is 0 Å².